The Morgan fingerprint density at radius 2 is 2.36 bits per heavy atom. The van der Waals surface area contributed by atoms with Gasteiger partial charge < -0.3 is 5.32 Å². The fraction of sp³-hybridized carbons (Fsp3) is 0.300. The Bertz CT molecular complexity index is 360. The topological polar surface area (TPSA) is 35.8 Å². The molecule has 0 bridgehead atoms. The van der Waals surface area contributed by atoms with Gasteiger partial charge in [-0.2, -0.15) is 5.26 Å². The first-order valence-electron chi connectivity index (χ1n) is 4.28. The Kier molecular flexibility index (Phi) is 4.24. The van der Waals surface area contributed by atoms with Crippen LogP contribution in [0.2, 0.25) is 5.02 Å². The van der Waals surface area contributed by atoms with Crippen LogP contribution in [0.1, 0.15) is 13.3 Å². The van der Waals surface area contributed by atoms with E-state index < -0.39 is 0 Å². The Morgan fingerprint density at radius 3 is 2.86 bits per heavy atom. The number of rotatable bonds is 3. The molecule has 0 saturated heterocycles. The molecule has 0 aliphatic heterocycles. The van der Waals surface area contributed by atoms with Crippen LogP contribution in [0.25, 0.3) is 0 Å². The Labute approximate surface area is 97.0 Å². The minimum atomic E-state index is -0.160. The van der Waals surface area contributed by atoms with Crippen molar-refractivity contribution in [3.63, 3.8) is 0 Å². The molecule has 0 aromatic heterocycles. The molecule has 0 amide bonds. The summed E-state index contributed by atoms with van der Waals surface area (Å²) in [5.41, 5.74) is 0.891. The van der Waals surface area contributed by atoms with Crippen LogP contribution in [-0.2, 0) is 0 Å². The van der Waals surface area contributed by atoms with Gasteiger partial charge in [-0.25, -0.2) is 0 Å². The van der Waals surface area contributed by atoms with E-state index >= 15 is 0 Å². The van der Waals surface area contributed by atoms with Crippen LogP contribution in [0, 0.1) is 11.3 Å². The molecule has 0 saturated carbocycles. The number of halogens is 2. The lowest BCUT2D eigenvalue weighted by Gasteiger charge is -2.12. The highest BCUT2D eigenvalue weighted by Gasteiger charge is 2.06. The summed E-state index contributed by atoms with van der Waals surface area (Å²) in [6.45, 7) is 1.96. The van der Waals surface area contributed by atoms with Gasteiger partial charge in [0.15, 0.2) is 0 Å². The van der Waals surface area contributed by atoms with Crippen molar-refractivity contribution in [3.05, 3.63) is 27.7 Å². The van der Waals surface area contributed by atoms with E-state index in [1.165, 1.54) is 0 Å². The molecule has 1 N–H and O–H groups in total. The number of hydrogen-bond donors (Lipinski definition) is 1. The van der Waals surface area contributed by atoms with E-state index in [1.807, 2.05) is 13.0 Å². The minimum absolute atomic E-state index is 0.160. The number of nitrogens with zero attached hydrogens (tertiary/aromatic N) is 1. The van der Waals surface area contributed by atoms with Crippen LogP contribution in [0.4, 0.5) is 5.69 Å². The molecule has 0 radical (unpaired) electrons. The molecule has 1 rings (SSSR count). The molecule has 0 fully saturated rings. The second kappa shape index (κ2) is 5.23. The lowest BCUT2D eigenvalue weighted by Crippen LogP contribution is -2.15. The molecule has 0 spiro atoms. The van der Waals surface area contributed by atoms with Gasteiger partial charge in [0.2, 0.25) is 0 Å². The quantitative estimate of drug-likeness (QED) is 0.909. The second-order valence-electron chi connectivity index (χ2n) is 2.86. The molecule has 2 nitrogen and oxygen atoms in total. The average Bonchev–Trinajstić information content (AvgIpc) is 2.17. The standard InChI is InChI=1S/C10H10BrClN2/c1-2-8(6-13)14-10-4-3-7(12)5-9(10)11/h3-5,8,14H,2H2,1H3. The molecule has 74 valence electrons. The molecule has 14 heavy (non-hydrogen) atoms. The van der Waals surface area contributed by atoms with E-state index in [-0.39, 0.29) is 6.04 Å². The lowest BCUT2D eigenvalue weighted by molar-refractivity contribution is 0.844. The fourth-order valence-corrected chi connectivity index (χ4v) is 1.82. The van der Waals surface area contributed by atoms with E-state index in [0.29, 0.717) is 5.02 Å². The van der Waals surface area contributed by atoms with Crippen molar-refractivity contribution in [1.82, 2.24) is 0 Å². The van der Waals surface area contributed by atoms with Crippen LogP contribution >= 0.6 is 27.5 Å². The van der Waals surface area contributed by atoms with Gasteiger partial charge in [0.05, 0.1) is 6.07 Å². The lowest BCUT2D eigenvalue weighted by atomic mass is 10.2. The van der Waals surface area contributed by atoms with Crippen LogP contribution in [0.5, 0.6) is 0 Å². The zero-order chi connectivity index (χ0) is 10.6. The predicted octanol–water partition coefficient (Wildman–Crippen LogP) is 3.82. The molecule has 1 aromatic rings. The van der Waals surface area contributed by atoms with E-state index in [9.17, 15) is 0 Å². The first kappa shape index (κ1) is 11.4. The third-order valence-electron chi connectivity index (χ3n) is 1.82. The molecule has 0 heterocycles. The summed E-state index contributed by atoms with van der Waals surface area (Å²) >= 11 is 9.18. The van der Waals surface area contributed by atoms with Crippen molar-refractivity contribution in [2.45, 2.75) is 19.4 Å². The number of nitriles is 1. The van der Waals surface area contributed by atoms with E-state index in [0.717, 1.165) is 16.6 Å². The van der Waals surface area contributed by atoms with Gasteiger partial charge in [-0.15, -0.1) is 0 Å². The zero-order valence-corrected chi connectivity index (χ0v) is 10.1. The molecule has 1 atom stereocenters. The van der Waals surface area contributed by atoms with Crippen molar-refractivity contribution in [2.75, 3.05) is 5.32 Å². The first-order valence-corrected chi connectivity index (χ1v) is 5.45. The first-order chi connectivity index (χ1) is 6.67. The van der Waals surface area contributed by atoms with Gasteiger partial charge in [-0.1, -0.05) is 18.5 Å². The van der Waals surface area contributed by atoms with Gasteiger partial charge in [0.1, 0.15) is 6.04 Å². The van der Waals surface area contributed by atoms with Gasteiger partial charge in [-0.05, 0) is 40.5 Å². The van der Waals surface area contributed by atoms with Crippen molar-refractivity contribution < 1.29 is 0 Å². The van der Waals surface area contributed by atoms with Gasteiger partial charge in [-0.3, -0.25) is 0 Å². The van der Waals surface area contributed by atoms with Crippen LogP contribution in [0.3, 0.4) is 0 Å². The van der Waals surface area contributed by atoms with Crippen LogP contribution in [0.15, 0.2) is 22.7 Å². The summed E-state index contributed by atoms with van der Waals surface area (Å²) in [5.74, 6) is 0. The number of nitrogens with one attached hydrogen (secondary N) is 1. The molecule has 0 aliphatic carbocycles. The highest BCUT2D eigenvalue weighted by molar-refractivity contribution is 9.10. The molecular formula is C10H10BrClN2. The van der Waals surface area contributed by atoms with Gasteiger partial charge in [0, 0.05) is 15.2 Å². The summed E-state index contributed by atoms with van der Waals surface area (Å²) < 4.78 is 0.874. The summed E-state index contributed by atoms with van der Waals surface area (Å²) in [6.07, 6.45) is 0.769. The van der Waals surface area contributed by atoms with Crippen molar-refractivity contribution in [1.29, 1.82) is 5.26 Å². The van der Waals surface area contributed by atoms with Crippen LogP contribution < -0.4 is 5.32 Å². The maximum absolute atomic E-state index is 8.78. The SMILES string of the molecule is CCC(C#N)Nc1ccc(Cl)cc1Br. The van der Waals surface area contributed by atoms with Crippen molar-refractivity contribution in [3.8, 4) is 6.07 Å². The van der Waals surface area contributed by atoms with E-state index in [2.05, 4.69) is 27.3 Å². The Morgan fingerprint density at radius 1 is 1.64 bits per heavy atom. The van der Waals surface area contributed by atoms with Crippen molar-refractivity contribution >= 4 is 33.2 Å². The smallest absolute Gasteiger partial charge is 0.114 e. The molecular weight excluding hydrogens is 263 g/mol. The third kappa shape index (κ3) is 2.90. The maximum atomic E-state index is 8.78. The second-order valence-corrected chi connectivity index (χ2v) is 4.15. The Balaban J connectivity index is 2.82. The van der Waals surface area contributed by atoms with Gasteiger partial charge >= 0.3 is 0 Å². The number of hydrogen-bond acceptors (Lipinski definition) is 2. The Hall–Kier alpha value is -0.720. The highest BCUT2D eigenvalue weighted by Crippen LogP contribution is 2.26. The summed E-state index contributed by atoms with van der Waals surface area (Å²) in [4.78, 5) is 0. The molecule has 1 unspecified atom stereocenters. The van der Waals surface area contributed by atoms with Crippen molar-refractivity contribution in [2.24, 2.45) is 0 Å². The number of benzene rings is 1. The van der Waals surface area contributed by atoms with E-state index in [1.54, 1.807) is 12.1 Å². The summed E-state index contributed by atoms with van der Waals surface area (Å²) in [7, 11) is 0. The molecule has 1 aromatic carbocycles. The van der Waals surface area contributed by atoms with Crippen LogP contribution in [-0.4, -0.2) is 6.04 Å². The van der Waals surface area contributed by atoms with Gasteiger partial charge in [0.25, 0.3) is 0 Å². The summed E-state index contributed by atoms with van der Waals surface area (Å²) in [5, 5.41) is 12.6. The zero-order valence-electron chi connectivity index (χ0n) is 7.72. The summed E-state index contributed by atoms with van der Waals surface area (Å²) in [6, 6.07) is 7.46. The monoisotopic (exact) mass is 272 g/mol. The fourth-order valence-electron chi connectivity index (χ4n) is 1.02. The number of anilines is 1. The predicted molar refractivity (Wildman–Crippen MR) is 62.5 cm³/mol. The minimum Gasteiger partial charge on any atom is -0.369 e. The third-order valence-corrected chi connectivity index (χ3v) is 2.72. The molecule has 0 aliphatic rings. The maximum Gasteiger partial charge on any atom is 0.114 e. The highest BCUT2D eigenvalue weighted by atomic mass is 79.9. The molecule has 4 heteroatoms. The van der Waals surface area contributed by atoms with E-state index in [4.69, 9.17) is 16.9 Å². The normalized spacial score (nSPS) is 11.9. The average molecular weight is 274 g/mol. The largest absolute Gasteiger partial charge is 0.369 e.